The molecule has 0 bridgehead atoms. The van der Waals surface area contributed by atoms with E-state index in [1.54, 1.807) is 30.4 Å². The molecular weight excluding hydrogens is 349 g/mol. The highest BCUT2D eigenvalue weighted by molar-refractivity contribution is 7.09. The second-order valence-electron chi connectivity index (χ2n) is 6.04. The summed E-state index contributed by atoms with van der Waals surface area (Å²) in [6.07, 6.45) is 0. The molecule has 3 aromatic rings. The van der Waals surface area contributed by atoms with Gasteiger partial charge < -0.3 is 10.6 Å². The highest BCUT2D eigenvalue weighted by Crippen LogP contribution is 2.23. The minimum Gasteiger partial charge on any atom is -0.374 e. The maximum absolute atomic E-state index is 12.9. The van der Waals surface area contributed by atoms with Crippen LogP contribution in [-0.4, -0.2) is 16.9 Å². The molecule has 0 saturated heterocycles. The molecular formula is C20H20FN3OS. The summed E-state index contributed by atoms with van der Waals surface area (Å²) in [7, 11) is 0. The number of amides is 1. The van der Waals surface area contributed by atoms with Crippen molar-refractivity contribution < 1.29 is 9.18 Å². The van der Waals surface area contributed by atoms with Gasteiger partial charge in [0.1, 0.15) is 11.9 Å². The molecule has 2 N–H and O–H groups in total. The Bertz CT molecular complexity index is 875. The van der Waals surface area contributed by atoms with Crippen molar-refractivity contribution in [1.29, 1.82) is 0 Å². The summed E-state index contributed by atoms with van der Waals surface area (Å²) in [6.45, 7) is 4.15. The van der Waals surface area contributed by atoms with Gasteiger partial charge in [0.25, 0.3) is 0 Å². The van der Waals surface area contributed by atoms with Crippen molar-refractivity contribution in [2.75, 3.05) is 5.32 Å². The van der Waals surface area contributed by atoms with E-state index in [0.717, 1.165) is 27.5 Å². The molecule has 134 valence electrons. The van der Waals surface area contributed by atoms with Crippen LogP contribution in [0.25, 0.3) is 11.3 Å². The van der Waals surface area contributed by atoms with E-state index in [1.807, 2.05) is 36.6 Å². The minimum atomic E-state index is -0.386. The number of nitrogens with one attached hydrogen (secondary N) is 2. The van der Waals surface area contributed by atoms with Crippen LogP contribution in [0, 0.1) is 12.7 Å². The van der Waals surface area contributed by atoms with Crippen LogP contribution in [0.3, 0.4) is 0 Å². The second-order valence-corrected chi connectivity index (χ2v) is 7.10. The predicted octanol–water partition coefficient (Wildman–Crippen LogP) is 4.37. The number of aryl methyl sites for hydroxylation is 1. The lowest BCUT2D eigenvalue weighted by atomic mass is 10.1. The number of anilines is 1. The number of nitrogens with zero attached hydrogens (tertiary/aromatic N) is 1. The van der Waals surface area contributed by atoms with Crippen LogP contribution < -0.4 is 10.6 Å². The molecule has 0 fully saturated rings. The number of rotatable bonds is 6. The van der Waals surface area contributed by atoms with Crippen molar-refractivity contribution in [2.24, 2.45) is 0 Å². The van der Waals surface area contributed by atoms with E-state index in [9.17, 15) is 9.18 Å². The van der Waals surface area contributed by atoms with Crippen molar-refractivity contribution in [3.05, 3.63) is 70.3 Å². The fourth-order valence-electron chi connectivity index (χ4n) is 2.49. The molecule has 1 heterocycles. The van der Waals surface area contributed by atoms with Gasteiger partial charge in [-0.05, 0) is 43.7 Å². The van der Waals surface area contributed by atoms with Crippen molar-refractivity contribution in [3.8, 4) is 11.3 Å². The van der Waals surface area contributed by atoms with Crippen LogP contribution >= 0.6 is 11.3 Å². The number of aromatic nitrogens is 1. The van der Waals surface area contributed by atoms with Crippen LogP contribution in [0.5, 0.6) is 0 Å². The van der Waals surface area contributed by atoms with E-state index >= 15 is 0 Å². The third-order valence-corrected chi connectivity index (χ3v) is 4.73. The number of carbonyl (C=O) groups excluding carboxylic acids is 1. The Labute approximate surface area is 156 Å². The zero-order chi connectivity index (χ0) is 18.5. The van der Waals surface area contributed by atoms with Crippen LogP contribution in [0.1, 0.15) is 17.5 Å². The number of thiazole rings is 1. The molecule has 0 saturated carbocycles. The highest BCUT2D eigenvalue weighted by atomic mass is 32.1. The summed E-state index contributed by atoms with van der Waals surface area (Å²) < 4.78 is 12.9. The zero-order valence-electron chi connectivity index (χ0n) is 14.6. The van der Waals surface area contributed by atoms with E-state index in [1.165, 1.54) is 12.1 Å². The van der Waals surface area contributed by atoms with Crippen LogP contribution in [-0.2, 0) is 11.3 Å². The van der Waals surface area contributed by atoms with E-state index in [-0.39, 0.29) is 17.8 Å². The van der Waals surface area contributed by atoms with Gasteiger partial charge in [-0.15, -0.1) is 11.3 Å². The van der Waals surface area contributed by atoms with Gasteiger partial charge >= 0.3 is 0 Å². The van der Waals surface area contributed by atoms with Crippen molar-refractivity contribution in [2.45, 2.75) is 26.4 Å². The lowest BCUT2D eigenvalue weighted by molar-refractivity contribution is -0.121. The Morgan fingerprint density at radius 2 is 1.85 bits per heavy atom. The number of benzene rings is 2. The lowest BCUT2D eigenvalue weighted by Gasteiger charge is -2.15. The van der Waals surface area contributed by atoms with Gasteiger partial charge in [0.05, 0.1) is 10.7 Å². The molecule has 0 radical (unpaired) electrons. The maximum Gasteiger partial charge on any atom is 0.242 e. The van der Waals surface area contributed by atoms with Crippen LogP contribution in [0.15, 0.2) is 53.9 Å². The summed E-state index contributed by atoms with van der Waals surface area (Å²) in [5.74, 6) is -0.403. The molecule has 2 aromatic carbocycles. The first-order chi connectivity index (χ1) is 12.5. The fraction of sp³-hybridized carbons (Fsp3) is 0.200. The Kier molecular flexibility index (Phi) is 5.63. The van der Waals surface area contributed by atoms with Crippen LogP contribution in [0.4, 0.5) is 10.1 Å². The van der Waals surface area contributed by atoms with Gasteiger partial charge in [-0.25, -0.2) is 9.37 Å². The average molecular weight is 369 g/mol. The van der Waals surface area contributed by atoms with Gasteiger partial charge in [-0.3, -0.25) is 4.79 Å². The monoisotopic (exact) mass is 369 g/mol. The van der Waals surface area contributed by atoms with Gasteiger partial charge in [-0.1, -0.05) is 24.3 Å². The van der Waals surface area contributed by atoms with E-state index in [4.69, 9.17) is 0 Å². The molecule has 3 rings (SSSR count). The standard InChI is InChI=1S/C20H20FN3OS/c1-13(20(25)22-11-15-3-7-17(21)8-4-15)23-18-9-5-16(6-10-18)19-12-26-14(2)24-19/h3-10,12-13,23H,11H2,1-2H3,(H,22,25). The molecule has 26 heavy (non-hydrogen) atoms. The fourth-order valence-corrected chi connectivity index (χ4v) is 3.12. The van der Waals surface area contributed by atoms with Gasteiger partial charge in [0, 0.05) is 23.2 Å². The second kappa shape index (κ2) is 8.10. The third-order valence-electron chi connectivity index (χ3n) is 3.96. The summed E-state index contributed by atoms with van der Waals surface area (Å²) >= 11 is 1.62. The first-order valence-corrected chi connectivity index (χ1v) is 9.20. The van der Waals surface area contributed by atoms with Crippen LogP contribution in [0.2, 0.25) is 0 Å². The smallest absolute Gasteiger partial charge is 0.242 e. The van der Waals surface area contributed by atoms with Crippen molar-refractivity contribution in [1.82, 2.24) is 10.3 Å². The summed E-state index contributed by atoms with van der Waals surface area (Å²) in [4.78, 5) is 16.7. The Morgan fingerprint density at radius 1 is 1.15 bits per heavy atom. The SMILES string of the molecule is Cc1nc(-c2ccc(NC(C)C(=O)NCc3ccc(F)cc3)cc2)cs1. The number of halogens is 1. The Balaban J connectivity index is 1.54. The third kappa shape index (κ3) is 4.67. The molecule has 0 aliphatic heterocycles. The average Bonchev–Trinajstić information content (AvgIpc) is 3.08. The number of hydrogen-bond donors (Lipinski definition) is 2. The van der Waals surface area contributed by atoms with E-state index < -0.39 is 0 Å². The molecule has 1 amide bonds. The van der Waals surface area contributed by atoms with Gasteiger partial charge in [0.15, 0.2) is 0 Å². The lowest BCUT2D eigenvalue weighted by Crippen LogP contribution is -2.37. The highest BCUT2D eigenvalue weighted by Gasteiger charge is 2.12. The predicted molar refractivity (Wildman–Crippen MR) is 104 cm³/mol. The zero-order valence-corrected chi connectivity index (χ0v) is 15.4. The molecule has 6 heteroatoms. The van der Waals surface area contributed by atoms with Crippen molar-refractivity contribution in [3.63, 3.8) is 0 Å². The number of carbonyl (C=O) groups is 1. The topological polar surface area (TPSA) is 54.0 Å². The quantitative estimate of drug-likeness (QED) is 0.678. The van der Waals surface area contributed by atoms with Gasteiger partial charge in [-0.2, -0.15) is 0 Å². The van der Waals surface area contributed by atoms with E-state index in [0.29, 0.717) is 6.54 Å². The van der Waals surface area contributed by atoms with E-state index in [2.05, 4.69) is 15.6 Å². The Morgan fingerprint density at radius 3 is 2.46 bits per heavy atom. The minimum absolute atomic E-state index is 0.117. The summed E-state index contributed by atoms with van der Waals surface area (Å²) in [5.41, 5.74) is 3.73. The first-order valence-electron chi connectivity index (χ1n) is 8.32. The largest absolute Gasteiger partial charge is 0.374 e. The molecule has 1 atom stereocenters. The molecule has 0 aliphatic carbocycles. The Hall–Kier alpha value is -2.73. The molecule has 0 spiro atoms. The molecule has 0 aliphatic rings. The first kappa shape index (κ1) is 18.1. The molecule has 1 unspecified atom stereocenters. The summed E-state index contributed by atoms with van der Waals surface area (Å²) in [5, 5.41) is 9.09. The maximum atomic E-state index is 12.9. The van der Waals surface area contributed by atoms with Gasteiger partial charge in [0.2, 0.25) is 5.91 Å². The van der Waals surface area contributed by atoms with Crippen molar-refractivity contribution >= 4 is 22.9 Å². The normalized spacial score (nSPS) is 11.8. The summed E-state index contributed by atoms with van der Waals surface area (Å²) in [6, 6.07) is 13.5. The molecule has 4 nitrogen and oxygen atoms in total. The number of hydrogen-bond acceptors (Lipinski definition) is 4. The molecule has 1 aromatic heterocycles.